The van der Waals surface area contributed by atoms with Crippen LogP contribution < -0.4 is 10.6 Å². The Hall–Kier alpha value is -1.86. The van der Waals surface area contributed by atoms with Crippen LogP contribution in [0.5, 0.6) is 0 Å². The fraction of sp³-hybridized carbons (Fsp3) is 0.533. The first-order valence-electron chi connectivity index (χ1n) is 7.60. The van der Waals surface area contributed by atoms with Gasteiger partial charge in [0.05, 0.1) is 11.8 Å². The van der Waals surface area contributed by atoms with Gasteiger partial charge in [-0.15, -0.1) is 12.4 Å². The Balaban J connectivity index is 0.00000192. The second-order valence-electron chi connectivity index (χ2n) is 5.58. The normalized spacial score (nSPS) is 20.7. The number of hydrogen-bond acceptors (Lipinski definition) is 6. The molecule has 0 saturated carbocycles. The first-order chi connectivity index (χ1) is 10.7. The van der Waals surface area contributed by atoms with E-state index in [4.69, 9.17) is 8.94 Å². The molecule has 2 aromatic rings. The van der Waals surface area contributed by atoms with Crippen LogP contribution in [0.15, 0.2) is 27.5 Å². The summed E-state index contributed by atoms with van der Waals surface area (Å²) in [6.45, 7) is 3.12. The molecule has 0 spiro atoms. The molecule has 1 fully saturated rings. The van der Waals surface area contributed by atoms with Crippen molar-refractivity contribution in [3.05, 3.63) is 24.5 Å². The molecule has 2 N–H and O–H groups in total. The molecule has 0 aliphatic carbocycles. The van der Waals surface area contributed by atoms with Gasteiger partial charge in [0, 0.05) is 24.9 Å². The van der Waals surface area contributed by atoms with Crippen LogP contribution in [-0.4, -0.2) is 34.7 Å². The van der Waals surface area contributed by atoms with E-state index in [0.717, 1.165) is 24.9 Å². The number of carbonyl (C=O) groups excluding carboxylic acids is 1. The van der Waals surface area contributed by atoms with Gasteiger partial charge in [0.2, 0.25) is 17.6 Å². The number of rotatable bonds is 5. The van der Waals surface area contributed by atoms with Crippen molar-refractivity contribution in [2.24, 2.45) is 0 Å². The van der Waals surface area contributed by atoms with Crippen molar-refractivity contribution in [1.29, 1.82) is 0 Å². The topological polar surface area (TPSA) is 93.2 Å². The van der Waals surface area contributed by atoms with E-state index in [1.807, 2.05) is 0 Å². The maximum atomic E-state index is 12.0. The van der Waals surface area contributed by atoms with Gasteiger partial charge in [-0.3, -0.25) is 4.79 Å². The first kappa shape index (κ1) is 17.5. The second-order valence-corrected chi connectivity index (χ2v) is 5.58. The predicted octanol–water partition coefficient (Wildman–Crippen LogP) is 1.94. The minimum atomic E-state index is 0. The van der Waals surface area contributed by atoms with Gasteiger partial charge in [-0.1, -0.05) is 5.16 Å². The number of carbonyl (C=O) groups is 1. The summed E-state index contributed by atoms with van der Waals surface area (Å²) in [6.07, 6.45) is 6.00. The first-order valence-corrected chi connectivity index (χ1v) is 7.60. The quantitative estimate of drug-likeness (QED) is 0.864. The summed E-state index contributed by atoms with van der Waals surface area (Å²) in [5.41, 5.74) is 0.765. The van der Waals surface area contributed by atoms with Crippen LogP contribution in [-0.2, 0) is 11.2 Å². The third kappa shape index (κ3) is 4.56. The van der Waals surface area contributed by atoms with Gasteiger partial charge in [-0.2, -0.15) is 4.98 Å². The van der Waals surface area contributed by atoms with E-state index in [2.05, 4.69) is 27.7 Å². The Morgan fingerprint density at radius 3 is 3.13 bits per heavy atom. The second kappa shape index (κ2) is 8.12. The number of hydrogen-bond donors (Lipinski definition) is 2. The molecule has 1 saturated heterocycles. The minimum absolute atomic E-state index is 0. The third-order valence-corrected chi connectivity index (χ3v) is 3.92. The van der Waals surface area contributed by atoms with Crippen LogP contribution in [0.4, 0.5) is 0 Å². The number of nitrogens with one attached hydrogen (secondary N) is 2. The highest BCUT2D eigenvalue weighted by Crippen LogP contribution is 2.16. The molecule has 3 rings (SSSR count). The fourth-order valence-corrected chi connectivity index (χ4v) is 2.61. The van der Waals surface area contributed by atoms with Crippen LogP contribution in [0.2, 0.25) is 0 Å². The van der Waals surface area contributed by atoms with Crippen LogP contribution in [0.3, 0.4) is 0 Å². The summed E-state index contributed by atoms with van der Waals surface area (Å²) in [4.78, 5) is 16.3. The summed E-state index contributed by atoms with van der Waals surface area (Å²) in [6, 6.07) is 2.28. The molecule has 0 radical (unpaired) electrons. The van der Waals surface area contributed by atoms with Gasteiger partial charge in [-0.05, 0) is 32.4 Å². The van der Waals surface area contributed by atoms with E-state index >= 15 is 0 Å². The average Bonchev–Trinajstić information content (AvgIpc) is 3.18. The van der Waals surface area contributed by atoms with Crippen LogP contribution in [0, 0.1) is 0 Å². The molecule has 0 aromatic carbocycles. The Kier molecular flexibility index (Phi) is 6.18. The number of aromatic nitrogens is 2. The molecular weight excluding hydrogens is 320 g/mol. The van der Waals surface area contributed by atoms with E-state index in [1.165, 1.54) is 0 Å². The summed E-state index contributed by atoms with van der Waals surface area (Å²) < 4.78 is 10.1. The molecule has 126 valence electrons. The number of aryl methyl sites for hydroxylation is 1. The van der Waals surface area contributed by atoms with E-state index in [-0.39, 0.29) is 24.4 Å². The van der Waals surface area contributed by atoms with Gasteiger partial charge in [-0.25, -0.2) is 0 Å². The molecule has 0 bridgehead atoms. The molecule has 1 aliphatic rings. The zero-order valence-corrected chi connectivity index (χ0v) is 13.8. The molecule has 1 aliphatic heterocycles. The highest BCUT2D eigenvalue weighted by atomic mass is 35.5. The van der Waals surface area contributed by atoms with Gasteiger partial charge < -0.3 is 19.6 Å². The van der Waals surface area contributed by atoms with E-state index in [1.54, 1.807) is 18.6 Å². The molecule has 2 aromatic heterocycles. The molecule has 2 atom stereocenters. The van der Waals surface area contributed by atoms with E-state index in [9.17, 15) is 4.79 Å². The van der Waals surface area contributed by atoms with E-state index in [0.29, 0.717) is 30.6 Å². The highest BCUT2D eigenvalue weighted by Gasteiger charge is 2.22. The molecule has 8 heteroatoms. The van der Waals surface area contributed by atoms with Gasteiger partial charge >= 0.3 is 0 Å². The number of furan rings is 1. The van der Waals surface area contributed by atoms with Crippen molar-refractivity contribution in [3.63, 3.8) is 0 Å². The maximum Gasteiger partial charge on any atom is 0.227 e. The van der Waals surface area contributed by atoms with E-state index < -0.39 is 0 Å². The van der Waals surface area contributed by atoms with Crippen LogP contribution in [0.25, 0.3) is 11.4 Å². The lowest BCUT2D eigenvalue weighted by Gasteiger charge is -2.30. The predicted molar refractivity (Wildman–Crippen MR) is 86.2 cm³/mol. The van der Waals surface area contributed by atoms with Crippen molar-refractivity contribution < 1.29 is 13.7 Å². The summed E-state index contributed by atoms with van der Waals surface area (Å²) in [5, 5.41) is 10.3. The van der Waals surface area contributed by atoms with Gasteiger partial charge in [0.1, 0.15) is 6.26 Å². The lowest BCUT2D eigenvalue weighted by molar-refractivity contribution is -0.122. The van der Waals surface area contributed by atoms with Crippen molar-refractivity contribution in [2.45, 2.75) is 44.7 Å². The maximum absolute atomic E-state index is 12.0. The number of amides is 1. The highest BCUT2D eigenvalue weighted by molar-refractivity contribution is 5.85. The standard InChI is InChI=1S/C15H20N4O3.ClH/c1-10-12(3-2-7-16-10)17-13(20)4-5-14-18-15(19-22-14)11-6-8-21-9-11;/h6,8-10,12,16H,2-5,7H2,1H3,(H,17,20);1H. The van der Waals surface area contributed by atoms with Crippen molar-refractivity contribution >= 4 is 18.3 Å². The van der Waals surface area contributed by atoms with Gasteiger partial charge in [0.25, 0.3) is 0 Å². The zero-order chi connectivity index (χ0) is 15.4. The molecule has 2 unspecified atom stereocenters. The van der Waals surface area contributed by atoms with Crippen molar-refractivity contribution in [2.75, 3.05) is 6.54 Å². The third-order valence-electron chi connectivity index (χ3n) is 3.92. The average molecular weight is 341 g/mol. The van der Waals surface area contributed by atoms with Crippen LogP contribution >= 0.6 is 12.4 Å². The SMILES string of the molecule is CC1NCCCC1NC(=O)CCc1nc(-c2ccoc2)no1.Cl. The monoisotopic (exact) mass is 340 g/mol. The van der Waals surface area contributed by atoms with Crippen molar-refractivity contribution in [1.82, 2.24) is 20.8 Å². The molecule has 3 heterocycles. The smallest absolute Gasteiger partial charge is 0.227 e. The lowest BCUT2D eigenvalue weighted by atomic mass is 10.00. The molecular formula is C15H21ClN4O3. The zero-order valence-electron chi connectivity index (χ0n) is 12.9. The van der Waals surface area contributed by atoms with Crippen molar-refractivity contribution in [3.8, 4) is 11.4 Å². The largest absolute Gasteiger partial charge is 0.472 e. The number of nitrogens with zero attached hydrogens (tertiary/aromatic N) is 2. The van der Waals surface area contributed by atoms with Gasteiger partial charge in [0.15, 0.2) is 0 Å². The Bertz CT molecular complexity index is 614. The molecule has 7 nitrogen and oxygen atoms in total. The number of piperidine rings is 1. The fourth-order valence-electron chi connectivity index (χ4n) is 2.61. The Labute approximate surface area is 140 Å². The van der Waals surface area contributed by atoms with Crippen LogP contribution in [0.1, 0.15) is 32.1 Å². The molecule has 23 heavy (non-hydrogen) atoms. The molecule has 1 amide bonds. The number of halogens is 1. The summed E-state index contributed by atoms with van der Waals surface area (Å²) in [5.74, 6) is 0.957. The summed E-state index contributed by atoms with van der Waals surface area (Å²) >= 11 is 0. The lowest BCUT2D eigenvalue weighted by Crippen LogP contribution is -2.51. The Morgan fingerprint density at radius 1 is 1.52 bits per heavy atom. The minimum Gasteiger partial charge on any atom is -0.472 e. The Morgan fingerprint density at radius 2 is 2.39 bits per heavy atom. The summed E-state index contributed by atoms with van der Waals surface area (Å²) in [7, 11) is 0.